The summed E-state index contributed by atoms with van der Waals surface area (Å²) >= 11 is 5.93. The van der Waals surface area contributed by atoms with E-state index in [2.05, 4.69) is 0 Å². The third kappa shape index (κ3) is 4.15. The molecule has 31 heavy (non-hydrogen) atoms. The van der Waals surface area contributed by atoms with Crippen LogP contribution >= 0.6 is 11.6 Å². The number of hydrogen-bond donors (Lipinski definition) is 1. The summed E-state index contributed by atoms with van der Waals surface area (Å²) in [5, 5.41) is 20.3. The van der Waals surface area contributed by atoms with Crippen LogP contribution in [0.3, 0.4) is 0 Å². The summed E-state index contributed by atoms with van der Waals surface area (Å²) in [4.78, 5) is 25.4. The Morgan fingerprint density at radius 2 is 1.74 bits per heavy atom. The van der Waals surface area contributed by atoms with Crippen LogP contribution in [0.15, 0.2) is 75.9 Å². The van der Waals surface area contributed by atoms with Crippen molar-refractivity contribution in [3.05, 3.63) is 98.5 Å². The molecule has 0 fully saturated rings. The topological polar surface area (TPSA) is 103 Å². The van der Waals surface area contributed by atoms with Crippen molar-refractivity contribution in [1.82, 2.24) is 0 Å². The maximum atomic E-state index is 13.0. The van der Waals surface area contributed by atoms with Gasteiger partial charge >= 0.3 is 5.97 Å². The fourth-order valence-electron chi connectivity index (χ4n) is 3.19. The largest absolute Gasteiger partial charge is 0.733 e. The first-order valence-corrected chi connectivity index (χ1v) is 9.53. The highest BCUT2D eigenvalue weighted by Gasteiger charge is 2.15. The van der Waals surface area contributed by atoms with Gasteiger partial charge in [0.05, 0.1) is 22.2 Å². The Morgan fingerprint density at radius 1 is 1.06 bits per heavy atom. The van der Waals surface area contributed by atoms with Gasteiger partial charge in [-0.2, -0.15) is 0 Å². The van der Waals surface area contributed by atoms with Gasteiger partial charge in [-0.3, -0.25) is 10.0 Å². The smallest absolute Gasteiger partial charge is 0.343 e. The van der Waals surface area contributed by atoms with E-state index in [1.807, 2.05) is 0 Å². The molecule has 1 aromatic heterocycles. The number of benzene rings is 3. The second kappa shape index (κ2) is 8.23. The molecule has 0 unspecified atom stereocenters. The summed E-state index contributed by atoms with van der Waals surface area (Å²) in [7, 11) is 0. The van der Waals surface area contributed by atoms with Crippen molar-refractivity contribution in [2.75, 3.05) is 5.23 Å². The molecule has 156 valence electrons. The van der Waals surface area contributed by atoms with Crippen molar-refractivity contribution in [3.8, 4) is 16.9 Å². The number of halogens is 1. The van der Waals surface area contributed by atoms with E-state index in [4.69, 9.17) is 26.0 Å². The van der Waals surface area contributed by atoms with Gasteiger partial charge in [0.2, 0.25) is 5.43 Å². The van der Waals surface area contributed by atoms with E-state index in [0.717, 1.165) is 0 Å². The number of nitrogens with zero attached hydrogens (tertiary/aromatic N) is 1. The first-order chi connectivity index (χ1) is 14.8. The molecule has 0 saturated heterocycles. The number of carbonyl (C=O) groups is 1. The molecule has 0 aliphatic heterocycles. The van der Waals surface area contributed by atoms with E-state index in [1.165, 1.54) is 42.5 Å². The summed E-state index contributed by atoms with van der Waals surface area (Å²) in [6, 6.07) is 16.7. The van der Waals surface area contributed by atoms with E-state index >= 15 is 0 Å². The fourth-order valence-corrected chi connectivity index (χ4v) is 3.32. The number of esters is 1. The predicted octanol–water partition coefficient (Wildman–Crippen LogP) is 5.33. The monoisotopic (exact) mass is 436 g/mol. The van der Waals surface area contributed by atoms with Gasteiger partial charge in [-0.1, -0.05) is 23.7 Å². The van der Waals surface area contributed by atoms with Crippen LogP contribution < -0.4 is 15.4 Å². The van der Waals surface area contributed by atoms with Gasteiger partial charge in [0, 0.05) is 11.1 Å². The summed E-state index contributed by atoms with van der Waals surface area (Å²) in [5.74, 6) is -0.0563. The molecule has 0 bridgehead atoms. The average Bonchev–Trinajstić information content (AvgIpc) is 2.75. The highest BCUT2D eigenvalue weighted by molar-refractivity contribution is 6.30. The molecule has 0 radical (unpaired) electrons. The third-order valence-corrected chi connectivity index (χ3v) is 4.96. The Kier molecular flexibility index (Phi) is 5.48. The number of carbonyl (C=O) groups excluding carboxylic acids is 1. The second-order valence-corrected chi connectivity index (χ2v) is 7.17. The lowest BCUT2D eigenvalue weighted by Gasteiger charge is -2.21. The molecule has 1 heterocycles. The normalized spacial score (nSPS) is 10.8. The van der Waals surface area contributed by atoms with Gasteiger partial charge in [0.1, 0.15) is 17.1 Å². The summed E-state index contributed by atoms with van der Waals surface area (Å²) in [5.41, 5.74) is 1.36. The molecule has 7 nitrogen and oxygen atoms in total. The van der Waals surface area contributed by atoms with E-state index in [-0.39, 0.29) is 33.2 Å². The van der Waals surface area contributed by atoms with Crippen molar-refractivity contribution in [2.45, 2.75) is 6.92 Å². The number of fused-ring (bicyclic) bond motifs is 1. The highest BCUT2D eigenvalue weighted by Crippen LogP contribution is 2.27. The van der Waals surface area contributed by atoms with Crippen molar-refractivity contribution in [3.63, 3.8) is 0 Å². The summed E-state index contributed by atoms with van der Waals surface area (Å²) in [6.07, 6.45) is 0. The quantitative estimate of drug-likeness (QED) is 0.262. The lowest BCUT2D eigenvalue weighted by atomic mass is 10.0. The number of anilines is 1. The highest BCUT2D eigenvalue weighted by atomic mass is 35.5. The molecule has 0 amide bonds. The van der Waals surface area contributed by atoms with Gasteiger partial charge in [-0.15, -0.1) is 0 Å². The molecule has 0 aliphatic rings. The predicted molar refractivity (Wildman–Crippen MR) is 117 cm³/mol. The van der Waals surface area contributed by atoms with Crippen LogP contribution in [0.2, 0.25) is 5.02 Å². The third-order valence-electron chi connectivity index (χ3n) is 4.71. The van der Waals surface area contributed by atoms with Crippen LogP contribution in [-0.4, -0.2) is 11.2 Å². The molecule has 4 rings (SSSR count). The first kappa shape index (κ1) is 20.6. The molecule has 0 atom stereocenters. The molecule has 0 aliphatic carbocycles. The van der Waals surface area contributed by atoms with Crippen LogP contribution in [0.1, 0.15) is 16.1 Å². The number of aryl methyl sites for hydroxylation is 1. The zero-order valence-corrected chi connectivity index (χ0v) is 16.9. The van der Waals surface area contributed by atoms with E-state index < -0.39 is 5.97 Å². The standard InChI is InChI=1S/C23H15ClNO6/c1-13-21(14-2-6-16(24)7-3-14)22(26)19-11-10-18(12-20(19)30-13)31-23(27)15-4-8-17(9-5-15)25(28)29/h2-12,28H,1H3/q-1. The Bertz CT molecular complexity index is 1330. The molecular formula is C23H15ClNO6-. The minimum atomic E-state index is -0.668. The van der Waals surface area contributed by atoms with Gasteiger partial charge < -0.3 is 19.6 Å². The number of rotatable bonds is 4. The minimum Gasteiger partial charge on any atom is -0.733 e. The zero-order chi connectivity index (χ0) is 22.1. The fraction of sp³-hybridized carbons (Fsp3) is 0.0435. The lowest BCUT2D eigenvalue weighted by Crippen LogP contribution is -2.11. The number of ether oxygens (including phenoxy) is 1. The van der Waals surface area contributed by atoms with Crippen LogP contribution in [0.4, 0.5) is 5.69 Å². The molecule has 0 spiro atoms. The summed E-state index contributed by atoms with van der Waals surface area (Å²) < 4.78 is 11.2. The maximum Gasteiger partial charge on any atom is 0.343 e. The van der Waals surface area contributed by atoms with E-state index in [1.54, 1.807) is 31.2 Å². The van der Waals surface area contributed by atoms with Gasteiger partial charge in [-0.25, -0.2) is 4.79 Å². The van der Waals surface area contributed by atoms with Crippen molar-refractivity contribution >= 4 is 34.2 Å². The van der Waals surface area contributed by atoms with Crippen molar-refractivity contribution in [2.24, 2.45) is 0 Å². The first-order valence-electron chi connectivity index (χ1n) is 9.15. The summed E-state index contributed by atoms with van der Waals surface area (Å²) in [6.45, 7) is 1.69. The SMILES string of the molecule is Cc1oc2cc(OC(=O)c3ccc(N([O-])O)cc3)ccc2c(=O)c1-c1ccc(Cl)cc1. The molecular weight excluding hydrogens is 422 g/mol. The van der Waals surface area contributed by atoms with E-state index in [9.17, 15) is 14.8 Å². The molecule has 0 saturated carbocycles. The van der Waals surface area contributed by atoms with Crippen LogP contribution in [0.25, 0.3) is 22.1 Å². The average molecular weight is 437 g/mol. The van der Waals surface area contributed by atoms with Crippen LogP contribution in [0.5, 0.6) is 5.75 Å². The molecule has 1 N–H and O–H groups in total. The molecule has 4 aromatic rings. The molecule has 8 heteroatoms. The second-order valence-electron chi connectivity index (χ2n) is 6.74. The molecule has 3 aromatic carbocycles. The minimum absolute atomic E-state index is 0.0176. The zero-order valence-electron chi connectivity index (χ0n) is 16.2. The van der Waals surface area contributed by atoms with Crippen molar-refractivity contribution < 1.29 is 19.2 Å². The maximum absolute atomic E-state index is 13.0. The number of hydrogen-bond acceptors (Lipinski definition) is 7. The lowest BCUT2D eigenvalue weighted by molar-refractivity contribution is 0.0735. The van der Waals surface area contributed by atoms with E-state index in [0.29, 0.717) is 27.3 Å². The Morgan fingerprint density at radius 3 is 2.39 bits per heavy atom. The Labute approximate surface area is 181 Å². The van der Waals surface area contributed by atoms with Crippen LogP contribution in [-0.2, 0) is 0 Å². The van der Waals surface area contributed by atoms with Crippen LogP contribution in [0, 0.1) is 12.1 Å². The van der Waals surface area contributed by atoms with Crippen molar-refractivity contribution in [1.29, 1.82) is 0 Å². The van der Waals surface area contributed by atoms with Gasteiger partial charge in [0.25, 0.3) is 0 Å². The Hall–Kier alpha value is -3.65. The Balaban J connectivity index is 1.65. The van der Waals surface area contributed by atoms with Gasteiger partial charge in [-0.05, 0) is 61.0 Å². The van der Waals surface area contributed by atoms with Gasteiger partial charge in [0.15, 0.2) is 0 Å².